The molecule has 0 spiro atoms. The SMILES string of the molecule is COc1ccccc1-c1csc(C2CCN(c3ncc(S(N)(=O)=O)s3)CC2)n1. The van der Waals surface area contributed by atoms with E-state index in [9.17, 15) is 8.42 Å². The average molecular weight is 437 g/mol. The fourth-order valence-corrected chi connectivity index (χ4v) is 5.88. The number of rotatable bonds is 5. The number of nitrogens with two attached hydrogens (primary N) is 1. The van der Waals surface area contributed by atoms with Gasteiger partial charge in [0.2, 0.25) is 10.0 Å². The Balaban J connectivity index is 1.45. The fraction of sp³-hybridized carbons (Fsp3) is 0.333. The van der Waals surface area contributed by atoms with Gasteiger partial charge in [0, 0.05) is 30.0 Å². The molecule has 148 valence electrons. The first-order valence-corrected chi connectivity index (χ1v) is 12.0. The molecule has 1 aliphatic heterocycles. The van der Waals surface area contributed by atoms with Gasteiger partial charge in [-0.1, -0.05) is 23.5 Å². The molecule has 10 heteroatoms. The van der Waals surface area contributed by atoms with E-state index in [-0.39, 0.29) is 4.21 Å². The highest BCUT2D eigenvalue weighted by atomic mass is 32.2. The summed E-state index contributed by atoms with van der Waals surface area (Å²) in [5, 5.41) is 9.09. The summed E-state index contributed by atoms with van der Waals surface area (Å²) in [5.74, 6) is 1.21. The number of hydrogen-bond donors (Lipinski definition) is 1. The van der Waals surface area contributed by atoms with E-state index in [0.717, 1.165) is 59.3 Å². The van der Waals surface area contributed by atoms with E-state index in [0.29, 0.717) is 11.0 Å². The highest BCUT2D eigenvalue weighted by molar-refractivity contribution is 7.91. The van der Waals surface area contributed by atoms with Crippen LogP contribution in [0.3, 0.4) is 0 Å². The third-order valence-corrected chi connectivity index (χ3v) is 8.25. The monoisotopic (exact) mass is 436 g/mol. The van der Waals surface area contributed by atoms with Gasteiger partial charge in [0.15, 0.2) is 9.34 Å². The van der Waals surface area contributed by atoms with Gasteiger partial charge in [-0.2, -0.15) is 0 Å². The maximum atomic E-state index is 11.4. The molecule has 1 fully saturated rings. The van der Waals surface area contributed by atoms with Crippen LogP contribution in [0.15, 0.2) is 40.1 Å². The molecule has 1 aromatic carbocycles. The molecule has 0 radical (unpaired) electrons. The summed E-state index contributed by atoms with van der Waals surface area (Å²) in [6.07, 6.45) is 3.23. The Morgan fingerprint density at radius 2 is 2.00 bits per heavy atom. The molecule has 0 atom stereocenters. The zero-order valence-electron chi connectivity index (χ0n) is 15.2. The molecule has 3 heterocycles. The van der Waals surface area contributed by atoms with Crippen LogP contribution in [-0.4, -0.2) is 38.6 Å². The molecule has 1 saturated heterocycles. The van der Waals surface area contributed by atoms with Crippen molar-refractivity contribution in [1.82, 2.24) is 9.97 Å². The Labute approximate surface area is 171 Å². The standard InChI is InChI=1S/C18H20N4O3S3/c1-25-15-5-3-2-4-13(15)14-11-26-17(21-14)12-6-8-22(9-7-12)18-20-10-16(27-18)28(19,23)24/h2-5,10-12H,6-9H2,1H3,(H2,19,23,24). The number of methoxy groups -OCH3 is 1. The van der Waals surface area contributed by atoms with Crippen molar-refractivity contribution in [2.24, 2.45) is 5.14 Å². The first-order valence-electron chi connectivity index (χ1n) is 8.78. The van der Waals surface area contributed by atoms with Crippen LogP contribution in [0.2, 0.25) is 0 Å². The van der Waals surface area contributed by atoms with Crippen molar-refractivity contribution in [3.8, 4) is 17.0 Å². The highest BCUT2D eigenvalue weighted by Crippen LogP contribution is 2.37. The summed E-state index contributed by atoms with van der Waals surface area (Å²) >= 11 is 2.80. The summed E-state index contributed by atoms with van der Waals surface area (Å²) in [4.78, 5) is 11.2. The number of primary sulfonamides is 1. The summed E-state index contributed by atoms with van der Waals surface area (Å²) in [6, 6.07) is 7.90. The molecular weight excluding hydrogens is 416 g/mol. The van der Waals surface area contributed by atoms with Gasteiger partial charge in [0.25, 0.3) is 0 Å². The van der Waals surface area contributed by atoms with Crippen molar-refractivity contribution < 1.29 is 13.2 Å². The van der Waals surface area contributed by atoms with Crippen LogP contribution in [0.25, 0.3) is 11.3 Å². The van der Waals surface area contributed by atoms with Gasteiger partial charge in [-0.25, -0.2) is 23.5 Å². The second-order valence-electron chi connectivity index (χ2n) is 6.54. The van der Waals surface area contributed by atoms with Gasteiger partial charge < -0.3 is 9.64 Å². The van der Waals surface area contributed by atoms with E-state index in [1.54, 1.807) is 18.4 Å². The summed E-state index contributed by atoms with van der Waals surface area (Å²) in [5.41, 5.74) is 1.95. The van der Waals surface area contributed by atoms with Gasteiger partial charge >= 0.3 is 0 Å². The van der Waals surface area contributed by atoms with Crippen LogP contribution in [0.1, 0.15) is 23.8 Å². The van der Waals surface area contributed by atoms with Crippen molar-refractivity contribution in [1.29, 1.82) is 0 Å². The van der Waals surface area contributed by atoms with Crippen LogP contribution < -0.4 is 14.8 Å². The lowest BCUT2D eigenvalue weighted by Gasteiger charge is -2.30. The Morgan fingerprint density at radius 3 is 2.68 bits per heavy atom. The maximum Gasteiger partial charge on any atom is 0.249 e. The topological polar surface area (TPSA) is 98.4 Å². The molecule has 0 bridgehead atoms. The van der Waals surface area contributed by atoms with Crippen LogP contribution in [0.4, 0.5) is 5.13 Å². The second-order valence-corrected chi connectivity index (χ2v) is 10.2. The van der Waals surface area contributed by atoms with Gasteiger partial charge in [0.1, 0.15) is 5.75 Å². The normalized spacial score (nSPS) is 15.7. The third-order valence-electron chi connectivity index (χ3n) is 4.77. The first-order chi connectivity index (χ1) is 13.5. The molecule has 3 aromatic rings. The molecule has 0 saturated carbocycles. The molecule has 28 heavy (non-hydrogen) atoms. The van der Waals surface area contributed by atoms with Gasteiger partial charge in [-0.05, 0) is 25.0 Å². The number of piperidine rings is 1. The number of para-hydroxylation sites is 1. The highest BCUT2D eigenvalue weighted by Gasteiger charge is 2.26. The van der Waals surface area contributed by atoms with Crippen LogP contribution in [0, 0.1) is 0 Å². The number of ether oxygens (including phenoxy) is 1. The zero-order chi connectivity index (χ0) is 19.7. The van der Waals surface area contributed by atoms with Crippen LogP contribution >= 0.6 is 22.7 Å². The van der Waals surface area contributed by atoms with E-state index in [1.807, 2.05) is 24.3 Å². The maximum absolute atomic E-state index is 11.4. The Bertz CT molecular complexity index is 1070. The molecular formula is C18H20N4O3S3. The number of anilines is 1. The molecule has 4 rings (SSSR count). The lowest BCUT2D eigenvalue weighted by atomic mass is 9.98. The molecule has 0 unspecified atom stereocenters. The largest absolute Gasteiger partial charge is 0.496 e. The quantitative estimate of drug-likeness (QED) is 0.659. The minimum absolute atomic E-state index is 0.103. The van der Waals surface area contributed by atoms with Crippen LogP contribution in [-0.2, 0) is 10.0 Å². The summed E-state index contributed by atoms with van der Waals surface area (Å²) in [7, 11) is -2.02. The van der Waals surface area contributed by atoms with Crippen molar-refractivity contribution in [3.63, 3.8) is 0 Å². The average Bonchev–Trinajstić information content (AvgIpc) is 3.38. The van der Waals surface area contributed by atoms with E-state index in [2.05, 4.69) is 15.3 Å². The zero-order valence-corrected chi connectivity index (χ0v) is 17.7. The molecule has 0 aliphatic carbocycles. The minimum atomic E-state index is -3.69. The number of aromatic nitrogens is 2. The van der Waals surface area contributed by atoms with Crippen molar-refractivity contribution in [2.45, 2.75) is 23.0 Å². The van der Waals surface area contributed by atoms with Crippen molar-refractivity contribution >= 4 is 37.8 Å². The molecule has 2 N–H and O–H groups in total. The van der Waals surface area contributed by atoms with Gasteiger partial charge in [-0.15, -0.1) is 11.3 Å². The Morgan fingerprint density at radius 1 is 1.25 bits per heavy atom. The van der Waals surface area contributed by atoms with Crippen molar-refractivity contribution in [2.75, 3.05) is 25.1 Å². The lowest BCUT2D eigenvalue weighted by Crippen LogP contribution is -2.32. The second kappa shape index (κ2) is 7.78. The van der Waals surface area contributed by atoms with Crippen LogP contribution in [0.5, 0.6) is 5.75 Å². The predicted molar refractivity (Wildman–Crippen MR) is 112 cm³/mol. The molecule has 7 nitrogen and oxygen atoms in total. The molecule has 2 aromatic heterocycles. The van der Waals surface area contributed by atoms with E-state index >= 15 is 0 Å². The fourth-order valence-electron chi connectivity index (χ4n) is 3.30. The van der Waals surface area contributed by atoms with Crippen molar-refractivity contribution in [3.05, 3.63) is 40.8 Å². The third kappa shape index (κ3) is 3.90. The van der Waals surface area contributed by atoms with Gasteiger partial charge in [0.05, 0.1) is 24.0 Å². The van der Waals surface area contributed by atoms with E-state index in [4.69, 9.17) is 14.9 Å². The summed E-state index contributed by atoms with van der Waals surface area (Å²) < 4.78 is 28.4. The lowest BCUT2D eigenvalue weighted by molar-refractivity contribution is 0.416. The number of sulfonamides is 1. The van der Waals surface area contributed by atoms with E-state index < -0.39 is 10.0 Å². The predicted octanol–water partition coefficient (Wildman–Crippen LogP) is 3.31. The van der Waals surface area contributed by atoms with Gasteiger partial charge in [-0.3, -0.25) is 0 Å². The number of nitrogens with zero attached hydrogens (tertiary/aromatic N) is 3. The smallest absolute Gasteiger partial charge is 0.249 e. The molecule has 0 amide bonds. The number of benzene rings is 1. The Hall–Kier alpha value is -2.01. The summed E-state index contributed by atoms with van der Waals surface area (Å²) in [6.45, 7) is 1.62. The number of hydrogen-bond acceptors (Lipinski definition) is 8. The number of thiazole rings is 2. The molecule has 1 aliphatic rings. The first kappa shape index (κ1) is 19.3. The minimum Gasteiger partial charge on any atom is -0.496 e. The Kier molecular flexibility index (Phi) is 5.37. The van der Waals surface area contributed by atoms with E-state index in [1.165, 1.54) is 6.20 Å².